The van der Waals surface area contributed by atoms with Gasteiger partial charge in [0.2, 0.25) is 0 Å². The largest absolute Gasteiger partial charge is 0.381 e. The van der Waals surface area contributed by atoms with Crippen LogP contribution in [0, 0.1) is 50.7 Å². The van der Waals surface area contributed by atoms with Gasteiger partial charge in [-0.15, -0.1) is 0 Å². The van der Waals surface area contributed by atoms with Crippen molar-refractivity contribution in [2.75, 3.05) is 7.11 Å². The van der Waals surface area contributed by atoms with Crippen LogP contribution in [0.25, 0.3) is 0 Å². The molecule has 5 nitrogen and oxygen atoms in total. The van der Waals surface area contributed by atoms with Crippen LogP contribution in [-0.2, 0) is 4.74 Å². The molecule has 116 valence electrons. The van der Waals surface area contributed by atoms with Gasteiger partial charge >= 0.3 is 0 Å². The highest BCUT2D eigenvalue weighted by atomic mass is 16.5. The summed E-state index contributed by atoms with van der Waals surface area (Å²) in [6, 6.07) is 10.9. The number of ether oxygens (including phenoxy) is 1. The summed E-state index contributed by atoms with van der Waals surface area (Å²) in [5.74, 6) is -0.589. The summed E-state index contributed by atoms with van der Waals surface area (Å²) in [7, 11) is 1.59. The number of methoxy groups -OCH3 is 1. The van der Waals surface area contributed by atoms with E-state index in [4.69, 9.17) is 15.3 Å². The summed E-state index contributed by atoms with van der Waals surface area (Å²) in [6.45, 7) is 6.04. The van der Waals surface area contributed by atoms with Gasteiger partial charge in [-0.1, -0.05) is 20.8 Å². The van der Waals surface area contributed by atoms with Crippen molar-refractivity contribution < 1.29 is 4.74 Å². The minimum atomic E-state index is -0.589. The lowest BCUT2D eigenvalue weighted by Gasteiger charge is -2.31. The highest BCUT2D eigenvalue weighted by molar-refractivity contribution is 5.55. The first-order chi connectivity index (χ1) is 10.8. The van der Waals surface area contributed by atoms with Crippen LogP contribution in [0.5, 0.6) is 0 Å². The SMILES string of the molecule is COC(CC(C#N)c1cc(C#N)c(C#N)cc1C#N)C(C)(C)C. The van der Waals surface area contributed by atoms with Crippen molar-refractivity contribution in [2.45, 2.75) is 39.2 Å². The Morgan fingerprint density at radius 1 is 0.957 bits per heavy atom. The second-order valence-electron chi connectivity index (χ2n) is 6.33. The molecular formula is C18H18N4O. The summed E-state index contributed by atoms with van der Waals surface area (Å²) in [5.41, 5.74) is 0.865. The first-order valence-corrected chi connectivity index (χ1v) is 7.13. The third-order valence-electron chi connectivity index (χ3n) is 3.78. The van der Waals surface area contributed by atoms with Crippen molar-refractivity contribution >= 4 is 0 Å². The molecule has 0 aromatic heterocycles. The van der Waals surface area contributed by atoms with Crippen molar-refractivity contribution in [3.8, 4) is 24.3 Å². The van der Waals surface area contributed by atoms with Crippen LogP contribution in [0.1, 0.15) is 55.4 Å². The van der Waals surface area contributed by atoms with Gasteiger partial charge in [-0.2, -0.15) is 21.0 Å². The number of benzene rings is 1. The quantitative estimate of drug-likeness (QED) is 0.848. The third-order valence-corrected chi connectivity index (χ3v) is 3.78. The molecule has 0 heterocycles. The number of rotatable bonds is 4. The van der Waals surface area contributed by atoms with Gasteiger partial charge in [0.05, 0.1) is 40.9 Å². The summed E-state index contributed by atoms with van der Waals surface area (Å²) in [4.78, 5) is 0. The Kier molecular flexibility index (Phi) is 5.87. The summed E-state index contributed by atoms with van der Waals surface area (Å²) >= 11 is 0. The average Bonchev–Trinajstić information content (AvgIpc) is 2.53. The molecule has 0 saturated heterocycles. The maximum atomic E-state index is 9.54. The Labute approximate surface area is 136 Å². The fourth-order valence-corrected chi connectivity index (χ4v) is 2.45. The van der Waals surface area contributed by atoms with E-state index in [9.17, 15) is 10.5 Å². The van der Waals surface area contributed by atoms with Gasteiger partial charge in [0.25, 0.3) is 0 Å². The summed E-state index contributed by atoms with van der Waals surface area (Å²) < 4.78 is 5.49. The van der Waals surface area contributed by atoms with Crippen molar-refractivity contribution in [3.05, 3.63) is 34.4 Å². The predicted octanol–water partition coefficient (Wildman–Crippen LogP) is 3.36. The highest BCUT2D eigenvalue weighted by Crippen LogP contribution is 2.33. The van der Waals surface area contributed by atoms with Gasteiger partial charge in [-0.3, -0.25) is 0 Å². The zero-order chi connectivity index (χ0) is 17.6. The standard InChI is InChI=1S/C18H18N4O/c1-18(2,3)17(23-4)7-15(11-22)16-6-13(9-20)12(8-19)5-14(16)10-21/h5-6,15,17H,7H2,1-4H3. The third kappa shape index (κ3) is 4.08. The van der Waals surface area contributed by atoms with E-state index in [0.717, 1.165) is 0 Å². The zero-order valence-electron chi connectivity index (χ0n) is 13.7. The van der Waals surface area contributed by atoms with E-state index in [1.54, 1.807) is 7.11 Å². The molecule has 0 saturated carbocycles. The molecule has 0 amide bonds. The molecule has 1 aromatic rings. The van der Waals surface area contributed by atoms with Gasteiger partial charge in [0, 0.05) is 7.11 Å². The van der Waals surface area contributed by atoms with E-state index in [2.05, 4.69) is 6.07 Å². The lowest BCUT2D eigenvalue weighted by molar-refractivity contribution is 0.00876. The van der Waals surface area contributed by atoms with Gasteiger partial charge in [0.1, 0.15) is 12.1 Å². The van der Waals surface area contributed by atoms with Crippen molar-refractivity contribution in [3.63, 3.8) is 0 Å². The topological polar surface area (TPSA) is 104 Å². The first kappa shape index (κ1) is 18.2. The molecule has 0 aliphatic rings. The van der Waals surface area contributed by atoms with Crippen LogP contribution in [-0.4, -0.2) is 13.2 Å². The van der Waals surface area contributed by atoms with Gasteiger partial charge < -0.3 is 4.74 Å². The van der Waals surface area contributed by atoms with E-state index < -0.39 is 5.92 Å². The number of hydrogen-bond donors (Lipinski definition) is 0. The summed E-state index contributed by atoms with van der Waals surface area (Å²) in [6.07, 6.45) is 0.224. The fourth-order valence-electron chi connectivity index (χ4n) is 2.45. The van der Waals surface area contributed by atoms with Crippen LogP contribution < -0.4 is 0 Å². The molecule has 23 heavy (non-hydrogen) atoms. The predicted molar refractivity (Wildman–Crippen MR) is 83.8 cm³/mol. The van der Waals surface area contributed by atoms with E-state index in [1.165, 1.54) is 12.1 Å². The Morgan fingerprint density at radius 2 is 1.48 bits per heavy atom. The van der Waals surface area contributed by atoms with Crippen LogP contribution in [0.3, 0.4) is 0 Å². The van der Waals surface area contributed by atoms with Crippen LogP contribution in [0.4, 0.5) is 0 Å². The molecule has 0 bridgehead atoms. The molecule has 0 aliphatic carbocycles. The highest BCUT2D eigenvalue weighted by Gasteiger charge is 2.29. The smallest absolute Gasteiger partial charge is 0.101 e. The summed E-state index contributed by atoms with van der Waals surface area (Å²) in [5, 5.41) is 37.1. The molecule has 0 spiro atoms. The zero-order valence-corrected chi connectivity index (χ0v) is 13.7. The van der Waals surface area contributed by atoms with Crippen LogP contribution in [0.2, 0.25) is 0 Å². The molecule has 0 fully saturated rings. The molecule has 5 heteroatoms. The van der Waals surface area contributed by atoms with Gasteiger partial charge in [0.15, 0.2) is 0 Å². The first-order valence-electron chi connectivity index (χ1n) is 7.13. The molecule has 2 unspecified atom stereocenters. The number of nitriles is 4. The van der Waals surface area contributed by atoms with Crippen molar-refractivity contribution in [1.82, 2.24) is 0 Å². The van der Waals surface area contributed by atoms with Gasteiger partial charge in [-0.05, 0) is 29.5 Å². The number of nitrogens with zero attached hydrogens (tertiary/aromatic N) is 4. The van der Waals surface area contributed by atoms with Gasteiger partial charge in [-0.25, -0.2) is 0 Å². The Bertz CT molecular complexity index is 748. The van der Waals surface area contributed by atoms with E-state index in [0.29, 0.717) is 12.0 Å². The fraction of sp³-hybridized carbons (Fsp3) is 0.444. The Morgan fingerprint density at radius 3 is 1.87 bits per heavy atom. The minimum Gasteiger partial charge on any atom is -0.381 e. The number of hydrogen-bond acceptors (Lipinski definition) is 5. The maximum absolute atomic E-state index is 9.54. The second-order valence-corrected chi connectivity index (χ2v) is 6.33. The average molecular weight is 306 g/mol. The molecule has 0 N–H and O–H groups in total. The minimum absolute atomic E-state index is 0.142. The monoisotopic (exact) mass is 306 g/mol. The lowest BCUT2D eigenvalue weighted by atomic mass is 9.80. The maximum Gasteiger partial charge on any atom is 0.101 e. The van der Waals surface area contributed by atoms with Crippen LogP contribution in [0.15, 0.2) is 12.1 Å². The van der Waals surface area contributed by atoms with Crippen molar-refractivity contribution in [2.24, 2.45) is 5.41 Å². The molecule has 1 aromatic carbocycles. The molecular weight excluding hydrogens is 288 g/mol. The lowest BCUT2D eigenvalue weighted by Crippen LogP contribution is -2.30. The Balaban J connectivity index is 3.38. The van der Waals surface area contributed by atoms with E-state index in [-0.39, 0.29) is 28.2 Å². The molecule has 0 aliphatic heterocycles. The molecule has 0 radical (unpaired) electrons. The second kappa shape index (κ2) is 7.42. The Hall–Kier alpha value is -2.86. The van der Waals surface area contributed by atoms with Crippen LogP contribution >= 0.6 is 0 Å². The molecule has 1 rings (SSSR count). The normalized spacial score (nSPS) is 13.0. The van der Waals surface area contributed by atoms with E-state index >= 15 is 0 Å². The molecule has 2 atom stereocenters. The van der Waals surface area contributed by atoms with Crippen molar-refractivity contribution in [1.29, 1.82) is 21.0 Å². The van der Waals surface area contributed by atoms with E-state index in [1.807, 2.05) is 39.0 Å².